The van der Waals surface area contributed by atoms with Crippen LogP contribution < -0.4 is 10.6 Å². The Morgan fingerprint density at radius 3 is 2.12 bits per heavy atom. The van der Waals surface area contributed by atoms with E-state index in [0.29, 0.717) is 0 Å². The summed E-state index contributed by atoms with van der Waals surface area (Å²) in [5.74, 6) is 0.0473. The number of carbonyl (C=O) groups is 1. The number of amides is 1. The van der Waals surface area contributed by atoms with Crippen molar-refractivity contribution in [3.8, 4) is 0 Å². The van der Waals surface area contributed by atoms with Crippen LogP contribution in [0.5, 0.6) is 0 Å². The monoisotopic (exact) mass is 242 g/mol. The van der Waals surface area contributed by atoms with Gasteiger partial charge in [-0.1, -0.05) is 6.92 Å². The Balaban J connectivity index is 2.71. The second-order valence-corrected chi connectivity index (χ2v) is 6.45. The molecule has 1 heterocycles. The molecular weight excluding hydrogens is 216 g/mol. The van der Waals surface area contributed by atoms with Gasteiger partial charge in [-0.3, -0.25) is 4.79 Å². The van der Waals surface area contributed by atoms with Gasteiger partial charge in [-0.15, -0.1) is 0 Å². The summed E-state index contributed by atoms with van der Waals surface area (Å²) >= 11 is 0. The molecule has 0 radical (unpaired) electrons. The number of nitrogens with one attached hydrogen (secondary N) is 2. The molecule has 0 atom stereocenters. The van der Waals surface area contributed by atoms with Crippen molar-refractivity contribution in [3.63, 3.8) is 0 Å². The Bertz CT molecular complexity index is 286. The average Bonchev–Trinajstić information content (AvgIpc) is 2.16. The highest BCUT2D eigenvalue weighted by Gasteiger charge is 2.41. The number of carbonyl (C=O) groups excluding carboxylic acids is 1. The lowest BCUT2D eigenvalue weighted by molar-refractivity contribution is -0.136. The molecule has 0 unspecified atom stereocenters. The Kier molecular flexibility index (Phi) is 3.89. The highest BCUT2D eigenvalue weighted by molar-refractivity contribution is 5.83. The fourth-order valence-corrected chi connectivity index (χ4v) is 1.79. The Morgan fingerprint density at radius 2 is 1.71 bits per heavy atom. The minimum absolute atomic E-state index is 0.0473. The standard InChI is InChI=1S/C13H26N2O2/c1-11(2,12(3,4)17)15-10(16)13(5)6-8-14-9-7-13/h14,17H,6-9H2,1-5H3,(H,15,16). The first kappa shape index (κ1) is 14.5. The van der Waals surface area contributed by atoms with E-state index in [4.69, 9.17) is 0 Å². The van der Waals surface area contributed by atoms with Crippen LogP contribution in [0.4, 0.5) is 0 Å². The van der Waals surface area contributed by atoms with Gasteiger partial charge in [0.15, 0.2) is 0 Å². The lowest BCUT2D eigenvalue weighted by atomic mass is 9.78. The maximum Gasteiger partial charge on any atom is 0.226 e. The van der Waals surface area contributed by atoms with Gasteiger partial charge in [-0.25, -0.2) is 0 Å². The van der Waals surface area contributed by atoms with Crippen molar-refractivity contribution < 1.29 is 9.90 Å². The van der Waals surface area contributed by atoms with Crippen LogP contribution in [0, 0.1) is 5.41 Å². The van der Waals surface area contributed by atoms with Gasteiger partial charge in [-0.2, -0.15) is 0 Å². The van der Waals surface area contributed by atoms with E-state index in [1.165, 1.54) is 0 Å². The Hall–Kier alpha value is -0.610. The van der Waals surface area contributed by atoms with Crippen LogP contribution in [-0.4, -0.2) is 35.2 Å². The number of rotatable bonds is 3. The molecule has 0 aromatic heterocycles. The Labute approximate surface area is 104 Å². The van der Waals surface area contributed by atoms with Gasteiger partial charge in [0.1, 0.15) is 0 Å². The molecule has 1 aliphatic rings. The molecule has 1 saturated heterocycles. The predicted octanol–water partition coefficient (Wildman–Crippen LogP) is 1.04. The normalized spacial score (nSPS) is 21.1. The zero-order valence-electron chi connectivity index (χ0n) is 11.7. The summed E-state index contributed by atoms with van der Waals surface area (Å²) in [6.07, 6.45) is 1.70. The largest absolute Gasteiger partial charge is 0.388 e. The maximum absolute atomic E-state index is 12.3. The molecule has 4 nitrogen and oxygen atoms in total. The molecule has 100 valence electrons. The van der Waals surface area contributed by atoms with Crippen LogP contribution >= 0.6 is 0 Å². The smallest absolute Gasteiger partial charge is 0.226 e. The number of hydrogen-bond acceptors (Lipinski definition) is 3. The van der Waals surface area contributed by atoms with Gasteiger partial charge in [0.25, 0.3) is 0 Å². The molecule has 0 saturated carbocycles. The van der Waals surface area contributed by atoms with E-state index >= 15 is 0 Å². The van der Waals surface area contributed by atoms with Crippen molar-refractivity contribution in [1.29, 1.82) is 0 Å². The van der Waals surface area contributed by atoms with E-state index in [9.17, 15) is 9.90 Å². The van der Waals surface area contributed by atoms with E-state index in [1.54, 1.807) is 13.8 Å². The van der Waals surface area contributed by atoms with Gasteiger partial charge in [0, 0.05) is 5.41 Å². The van der Waals surface area contributed by atoms with Gasteiger partial charge in [0.2, 0.25) is 5.91 Å². The van der Waals surface area contributed by atoms with E-state index in [1.807, 2.05) is 20.8 Å². The molecule has 17 heavy (non-hydrogen) atoms. The first-order valence-electron chi connectivity index (χ1n) is 6.34. The molecule has 1 fully saturated rings. The molecule has 1 rings (SSSR count). The summed E-state index contributed by atoms with van der Waals surface area (Å²) in [4.78, 5) is 12.3. The molecule has 0 aromatic rings. The predicted molar refractivity (Wildman–Crippen MR) is 68.7 cm³/mol. The Morgan fingerprint density at radius 1 is 1.24 bits per heavy atom. The third-order valence-electron chi connectivity index (χ3n) is 4.21. The van der Waals surface area contributed by atoms with Crippen LogP contribution in [0.25, 0.3) is 0 Å². The van der Waals surface area contributed by atoms with Gasteiger partial charge < -0.3 is 15.7 Å². The average molecular weight is 242 g/mol. The second kappa shape index (κ2) is 4.58. The van der Waals surface area contributed by atoms with Crippen molar-refractivity contribution in [3.05, 3.63) is 0 Å². The van der Waals surface area contributed by atoms with Gasteiger partial charge in [-0.05, 0) is 53.6 Å². The summed E-state index contributed by atoms with van der Waals surface area (Å²) in [6, 6.07) is 0. The number of piperidine rings is 1. The molecule has 0 bridgehead atoms. The van der Waals surface area contributed by atoms with E-state index < -0.39 is 11.1 Å². The molecule has 0 aliphatic carbocycles. The summed E-state index contributed by atoms with van der Waals surface area (Å²) in [5, 5.41) is 16.3. The first-order chi connectivity index (χ1) is 7.58. The topological polar surface area (TPSA) is 61.4 Å². The molecule has 1 amide bonds. The van der Waals surface area contributed by atoms with Crippen molar-refractivity contribution in [1.82, 2.24) is 10.6 Å². The van der Waals surface area contributed by atoms with Gasteiger partial charge in [0.05, 0.1) is 11.1 Å². The van der Waals surface area contributed by atoms with E-state index in [2.05, 4.69) is 10.6 Å². The summed E-state index contributed by atoms with van der Waals surface area (Å²) in [5.41, 5.74) is -1.88. The highest BCUT2D eigenvalue weighted by Crippen LogP contribution is 2.30. The molecular formula is C13H26N2O2. The molecule has 3 N–H and O–H groups in total. The van der Waals surface area contributed by atoms with Crippen molar-refractivity contribution >= 4 is 5.91 Å². The molecule has 4 heteroatoms. The van der Waals surface area contributed by atoms with Crippen molar-refractivity contribution in [2.75, 3.05) is 13.1 Å². The van der Waals surface area contributed by atoms with Crippen LogP contribution in [0.1, 0.15) is 47.5 Å². The third kappa shape index (κ3) is 3.19. The van der Waals surface area contributed by atoms with E-state index in [0.717, 1.165) is 25.9 Å². The fraction of sp³-hybridized carbons (Fsp3) is 0.923. The summed E-state index contributed by atoms with van der Waals surface area (Å²) in [6.45, 7) is 10.9. The van der Waals surface area contributed by atoms with Crippen LogP contribution in [0.15, 0.2) is 0 Å². The number of aliphatic hydroxyl groups is 1. The van der Waals surface area contributed by atoms with Crippen LogP contribution in [0.2, 0.25) is 0 Å². The number of hydrogen-bond donors (Lipinski definition) is 3. The fourth-order valence-electron chi connectivity index (χ4n) is 1.79. The molecule has 1 aliphatic heterocycles. The second-order valence-electron chi connectivity index (χ2n) is 6.45. The zero-order chi connectivity index (χ0) is 13.3. The summed E-state index contributed by atoms with van der Waals surface area (Å²) in [7, 11) is 0. The lowest BCUT2D eigenvalue weighted by Crippen LogP contribution is -2.61. The highest BCUT2D eigenvalue weighted by atomic mass is 16.3. The van der Waals surface area contributed by atoms with Crippen LogP contribution in [-0.2, 0) is 4.79 Å². The molecule has 0 aromatic carbocycles. The quantitative estimate of drug-likeness (QED) is 0.693. The summed E-state index contributed by atoms with van der Waals surface area (Å²) < 4.78 is 0. The van der Waals surface area contributed by atoms with Gasteiger partial charge >= 0.3 is 0 Å². The van der Waals surface area contributed by atoms with E-state index in [-0.39, 0.29) is 11.3 Å². The van der Waals surface area contributed by atoms with Crippen LogP contribution in [0.3, 0.4) is 0 Å². The molecule has 0 spiro atoms. The third-order valence-corrected chi connectivity index (χ3v) is 4.21. The minimum atomic E-state index is -0.939. The zero-order valence-corrected chi connectivity index (χ0v) is 11.7. The minimum Gasteiger partial charge on any atom is -0.388 e. The first-order valence-corrected chi connectivity index (χ1v) is 6.34. The lowest BCUT2D eigenvalue weighted by Gasteiger charge is -2.42. The van der Waals surface area contributed by atoms with Crippen molar-refractivity contribution in [2.24, 2.45) is 5.41 Å². The van der Waals surface area contributed by atoms with Crippen molar-refractivity contribution in [2.45, 2.75) is 58.6 Å². The SMILES string of the molecule is CC1(C(=O)NC(C)(C)C(C)(C)O)CCNCC1. The maximum atomic E-state index is 12.3.